The van der Waals surface area contributed by atoms with Gasteiger partial charge in [-0.1, -0.05) is 6.42 Å². The molecular weight excluding hydrogens is 188 g/mol. The molecule has 0 spiro atoms. The predicted octanol–water partition coefficient (Wildman–Crippen LogP) is 0.831. The fourth-order valence-corrected chi connectivity index (χ4v) is 2.81. The van der Waals surface area contributed by atoms with Gasteiger partial charge < -0.3 is 15.3 Å². The molecular formula is C12H24N2O. The maximum Gasteiger partial charge on any atom is 0.0552 e. The smallest absolute Gasteiger partial charge is 0.0552 e. The van der Waals surface area contributed by atoms with E-state index in [9.17, 15) is 5.11 Å². The van der Waals surface area contributed by atoms with Crippen LogP contribution in [0.1, 0.15) is 32.6 Å². The molecule has 0 aliphatic carbocycles. The summed E-state index contributed by atoms with van der Waals surface area (Å²) in [5.74, 6) is 0.508. The van der Waals surface area contributed by atoms with E-state index in [4.69, 9.17) is 0 Å². The quantitative estimate of drug-likeness (QED) is 0.727. The van der Waals surface area contributed by atoms with E-state index in [1.807, 2.05) is 6.92 Å². The number of rotatable bonds is 3. The third-order valence-corrected chi connectivity index (χ3v) is 3.88. The summed E-state index contributed by atoms with van der Waals surface area (Å²) in [4.78, 5) is 2.51. The van der Waals surface area contributed by atoms with Gasteiger partial charge in [0.25, 0.3) is 0 Å². The first-order chi connectivity index (χ1) is 7.25. The van der Waals surface area contributed by atoms with E-state index < -0.39 is 0 Å². The third-order valence-electron chi connectivity index (χ3n) is 3.88. The van der Waals surface area contributed by atoms with Crippen molar-refractivity contribution in [3.05, 3.63) is 0 Å². The Kier molecular flexibility index (Phi) is 4.00. The van der Waals surface area contributed by atoms with E-state index in [0.717, 1.165) is 6.54 Å². The van der Waals surface area contributed by atoms with Crippen LogP contribution in [0.2, 0.25) is 0 Å². The first kappa shape index (κ1) is 11.4. The molecule has 2 aliphatic rings. The molecule has 2 N–H and O–H groups in total. The summed E-state index contributed by atoms with van der Waals surface area (Å²) in [6, 6.07) is 0.700. The van der Waals surface area contributed by atoms with Crippen LogP contribution in [0, 0.1) is 5.92 Å². The maximum atomic E-state index is 9.53. The number of hydrogen-bond acceptors (Lipinski definition) is 3. The average Bonchev–Trinajstić information content (AvgIpc) is 2.68. The minimum absolute atomic E-state index is 0.130. The van der Waals surface area contributed by atoms with Gasteiger partial charge in [0.1, 0.15) is 0 Å². The molecule has 2 aliphatic heterocycles. The summed E-state index contributed by atoms with van der Waals surface area (Å²) < 4.78 is 0. The standard InChI is InChI=1S/C12H24N2O/c1-10(15)11-5-7-14(8-11)9-12-4-2-3-6-13-12/h10-13,15H,2-9H2,1H3. The van der Waals surface area contributed by atoms with Crippen LogP contribution in [-0.4, -0.2) is 48.3 Å². The maximum absolute atomic E-state index is 9.53. The molecule has 0 radical (unpaired) electrons. The van der Waals surface area contributed by atoms with Crippen LogP contribution >= 0.6 is 0 Å². The Morgan fingerprint density at radius 3 is 2.87 bits per heavy atom. The van der Waals surface area contributed by atoms with Crippen LogP contribution in [0.4, 0.5) is 0 Å². The highest BCUT2D eigenvalue weighted by molar-refractivity contribution is 4.83. The lowest BCUT2D eigenvalue weighted by Gasteiger charge is -2.28. The normalized spacial score (nSPS) is 35.6. The molecule has 0 aromatic heterocycles. The van der Waals surface area contributed by atoms with Crippen LogP contribution in [0.25, 0.3) is 0 Å². The van der Waals surface area contributed by atoms with Crippen molar-refractivity contribution in [1.29, 1.82) is 0 Å². The van der Waals surface area contributed by atoms with Crippen LogP contribution in [0.15, 0.2) is 0 Å². The largest absolute Gasteiger partial charge is 0.393 e. The van der Waals surface area contributed by atoms with E-state index in [2.05, 4.69) is 10.2 Å². The Balaban J connectivity index is 1.71. The fourth-order valence-electron chi connectivity index (χ4n) is 2.81. The van der Waals surface area contributed by atoms with Gasteiger partial charge in [-0.15, -0.1) is 0 Å². The second kappa shape index (κ2) is 5.28. The molecule has 2 saturated heterocycles. The number of nitrogens with zero attached hydrogens (tertiary/aromatic N) is 1. The Morgan fingerprint density at radius 2 is 2.27 bits per heavy atom. The van der Waals surface area contributed by atoms with Gasteiger partial charge >= 0.3 is 0 Å². The van der Waals surface area contributed by atoms with Crippen LogP contribution in [0.3, 0.4) is 0 Å². The Bertz CT molecular complexity index is 190. The monoisotopic (exact) mass is 212 g/mol. The van der Waals surface area contributed by atoms with Crippen molar-refractivity contribution in [1.82, 2.24) is 10.2 Å². The molecule has 3 atom stereocenters. The zero-order valence-electron chi connectivity index (χ0n) is 9.78. The molecule has 0 aromatic rings. The topological polar surface area (TPSA) is 35.5 Å². The van der Waals surface area contributed by atoms with Crippen molar-refractivity contribution in [3.8, 4) is 0 Å². The summed E-state index contributed by atoms with van der Waals surface area (Å²) in [5, 5.41) is 13.1. The van der Waals surface area contributed by atoms with Crippen molar-refractivity contribution in [2.75, 3.05) is 26.2 Å². The molecule has 3 nitrogen and oxygen atoms in total. The molecule has 2 rings (SSSR count). The van der Waals surface area contributed by atoms with Gasteiger partial charge in [0.15, 0.2) is 0 Å². The number of hydrogen-bond donors (Lipinski definition) is 2. The Hall–Kier alpha value is -0.120. The first-order valence-electron chi connectivity index (χ1n) is 6.39. The zero-order chi connectivity index (χ0) is 10.7. The van der Waals surface area contributed by atoms with Gasteiger partial charge in [-0.3, -0.25) is 0 Å². The van der Waals surface area contributed by atoms with Crippen molar-refractivity contribution in [3.63, 3.8) is 0 Å². The second-order valence-electron chi connectivity index (χ2n) is 5.20. The van der Waals surface area contributed by atoms with Crippen molar-refractivity contribution in [2.24, 2.45) is 5.92 Å². The summed E-state index contributed by atoms with van der Waals surface area (Å²) in [7, 11) is 0. The fraction of sp³-hybridized carbons (Fsp3) is 1.00. The molecule has 0 amide bonds. The molecule has 15 heavy (non-hydrogen) atoms. The molecule has 2 heterocycles. The van der Waals surface area contributed by atoms with E-state index >= 15 is 0 Å². The van der Waals surface area contributed by atoms with Crippen molar-refractivity contribution in [2.45, 2.75) is 44.8 Å². The molecule has 0 bridgehead atoms. The lowest BCUT2D eigenvalue weighted by molar-refractivity contribution is 0.126. The molecule has 2 fully saturated rings. The third kappa shape index (κ3) is 3.16. The summed E-state index contributed by atoms with van der Waals surface area (Å²) in [5.41, 5.74) is 0. The molecule has 0 aromatic carbocycles. The van der Waals surface area contributed by atoms with Crippen molar-refractivity contribution >= 4 is 0 Å². The van der Waals surface area contributed by atoms with Gasteiger partial charge in [0, 0.05) is 19.1 Å². The van der Waals surface area contributed by atoms with Gasteiger partial charge in [0.2, 0.25) is 0 Å². The summed E-state index contributed by atoms with van der Waals surface area (Å²) in [6.07, 6.45) is 5.09. The van der Waals surface area contributed by atoms with Gasteiger partial charge in [-0.2, -0.15) is 0 Å². The van der Waals surface area contributed by atoms with E-state index in [1.165, 1.54) is 45.3 Å². The van der Waals surface area contributed by atoms with Crippen LogP contribution in [-0.2, 0) is 0 Å². The van der Waals surface area contributed by atoms with E-state index in [-0.39, 0.29) is 6.10 Å². The summed E-state index contributed by atoms with van der Waals surface area (Å²) in [6.45, 7) is 6.57. The van der Waals surface area contributed by atoms with Gasteiger partial charge in [0.05, 0.1) is 6.10 Å². The number of likely N-dealkylation sites (tertiary alicyclic amines) is 1. The number of piperidine rings is 1. The number of nitrogens with one attached hydrogen (secondary N) is 1. The van der Waals surface area contributed by atoms with Crippen LogP contribution in [0.5, 0.6) is 0 Å². The molecule has 3 heteroatoms. The number of aliphatic hydroxyl groups excluding tert-OH is 1. The second-order valence-corrected chi connectivity index (χ2v) is 5.20. The average molecular weight is 212 g/mol. The lowest BCUT2D eigenvalue weighted by Crippen LogP contribution is -2.43. The summed E-state index contributed by atoms with van der Waals surface area (Å²) >= 11 is 0. The minimum Gasteiger partial charge on any atom is -0.393 e. The number of aliphatic hydroxyl groups is 1. The van der Waals surface area contributed by atoms with Crippen molar-refractivity contribution < 1.29 is 5.11 Å². The molecule has 88 valence electrons. The highest BCUT2D eigenvalue weighted by Crippen LogP contribution is 2.20. The highest BCUT2D eigenvalue weighted by atomic mass is 16.3. The Labute approximate surface area is 92.8 Å². The predicted molar refractivity (Wildman–Crippen MR) is 61.9 cm³/mol. The first-order valence-corrected chi connectivity index (χ1v) is 6.39. The zero-order valence-corrected chi connectivity index (χ0v) is 9.78. The van der Waals surface area contributed by atoms with Crippen LogP contribution < -0.4 is 5.32 Å². The molecule has 3 unspecified atom stereocenters. The highest BCUT2D eigenvalue weighted by Gasteiger charge is 2.27. The lowest BCUT2D eigenvalue weighted by atomic mass is 10.0. The van der Waals surface area contributed by atoms with Gasteiger partial charge in [-0.05, 0) is 45.2 Å². The molecule has 0 saturated carbocycles. The van der Waals surface area contributed by atoms with Gasteiger partial charge in [-0.25, -0.2) is 0 Å². The SMILES string of the molecule is CC(O)C1CCN(CC2CCCCN2)C1. The van der Waals surface area contributed by atoms with E-state index in [1.54, 1.807) is 0 Å². The minimum atomic E-state index is -0.130. The Morgan fingerprint density at radius 1 is 1.40 bits per heavy atom. The van der Waals surface area contributed by atoms with E-state index in [0.29, 0.717) is 12.0 Å².